The Morgan fingerprint density at radius 3 is 1.54 bits per heavy atom. The van der Waals surface area contributed by atoms with Crippen LogP contribution in [0.4, 0.5) is 0 Å². The van der Waals surface area contributed by atoms with E-state index in [2.05, 4.69) is 97.0 Å². The highest BCUT2D eigenvalue weighted by Crippen LogP contribution is 2.54. The van der Waals surface area contributed by atoms with E-state index in [-0.39, 0.29) is 14.9 Å². The Hall–Kier alpha value is -1.75. The van der Waals surface area contributed by atoms with Crippen LogP contribution in [0, 0.1) is 5.41 Å². The summed E-state index contributed by atoms with van der Waals surface area (Å²) >= 11 is 7.46. The van der Waals surface area contributed by atoms with Gasteiger partial charge in [-0.1, -0.05) is 59.6 Å². The topological polar surface area (TPSA) is 66.0 Å². The lowest BCUT2D eigenvalue weighted by atomic mass is 9.80. The first-order valence-corrected chi connectivity index (χ1v) is 21.3. The average molecular weight is 730 g/mol. The maximum atomic E-state index is 13.7. The normalized spacial score (nSPS) is 21.4. The highest BCUT2D eigenvalue weighted by molar-refractivity contribution is 8.05. The van der Waals surface area contributed by atoms with E-state index in [9.17, 15) is 14.4 Å². The SMILES string of the molecule is CCC(C)(CC)CCCn1c(=O)n2c(=O)n(c1=O)CCCSc1cccc(c1)SC(C)(CC)C(C)(CC)Sc1cccc(c1)SCCC2. The van der Waals surface area contributed by atoms with Gasteiger partial charge < -0.3 is 0 Å². The van der Waals surface area contributed by atoms with Crippen LogP contribution in [-0.4, -0.2) is 34.7 Å². The summed E-state index contributed by atoms with van der Waals surface area (Å²) in [7, 11) is 0. The van der Waals surface area contributed by atoms with E-state index in [0.29, 0.717) is 32.5 Å². The fraction of sp³-hybridized carbons (Fsp3) is 0.605. The Bertz CT molecular complexity index is 1590. The van der Waals surface area contributed by atoms with Crippen LogP contribution < -0.4 is 17.1 Å². The molecule has 10 heteroatoms. The summed E-state index contributed by atoms with van der Waals surface area (Å²) in [5, 5.41) is 0. The van der Waals surface area contributed by atoms with Crippen molar-refractivity contribution in [3.05, 3.63) is 80.0 Å². The molecule has 0 saturated carbocycles. The zero-order chi connectivity index (χ0) is 35.0. The number of hydrogen-bond acceptors (Lipinski definition) is 7. The van der Waals surface area contributed by atoms with E-state index in [1.54, 1.807) is 23.5 Å². The van der Waals surface area contributed by atoms with E-state index >= 15 is 0 Å². The Morgan fingerprint density at radius 2 is 1.12 bits per heavy atom. The van der Waals surface area contributed by atoms with Crippen LogP contribution in [0.1, 0.15) is 99.8 Å². The number of rotatable bonds is 8. The molecule has 0 spiro atoms. The van der Waals surface area contributed by atoms with Crippen molar-refractivity contribution >= 4 is 47.0 Å². The van der Waals surface area contributed by atoms with E-state index in [4.69, 9.17) is 0 Å². The molecule has 6 nitrogen and oxygen atoms in total. The van der Waals surface area contributed by atoms with Gasteiger partial charge in [0.1, 0.15) is 0 Å². The molecule has 1 aliphatic rings. The third kappa shape index (κ3) is 9.32. The fourth-order valence-corrected chi connectivity index (χ4v) is 11.1. The van der Waals surface area contributed by atoms with Gasteiger partial charge in [0.25, 0.3) is 0 Å². The molecule has 48 heavy (non-hydrogen) atoms. The second-order valence-corrected chi connectivity index (χ2v) is 19.1. The van der Waals surface area contributed by atoms with Crippen LogP contribution in [0.3, 0.4) is 0 Å². The van der Waals surface area contributed by atoms with Gasteiger partial charge in [0.05, 0.1) is 0 Å². The maximum Gasteiger partial charge on any atom is 0.336 e. The van der Waals surface area contributed by atoms with Gasteiger partial charge in [0, 0.05) is 48.7 Å². The van der Waals surface area contributed by atoms with E-state index in [1.165, 1.54) is 33.3 Å². The van der Waals surface area contributed by atoms with Gasteiger partial charge in [-0.15, -0.1) is 47.0 Å². The molecule has 264 valence electrons. The highest BCUT2D eigenvalue weighted by atomic mass is 32.2. The largest absolute Gasteiger partial charge is 0.336 e. The molecule has 1 aliphatic heterocycles. The Kier molecular flexibility index (Phi) is 14.2. The summed E-state index contributed by atoms with van der Waals surface area (Å²) in [5.74, 6) is 1.54. The van der Waals surface area contributed by atoms with Crippen LogP contribution in [-0.2, 0) is 19.6 Å². The molecule has 0 amide bonds. The van der Waals surface area contributed by atoms with Crippen LogP contribution >= 0.6 is 47.0 Å². The minimum Gasteiger partial charge on any atom is -0.247 e. The molecule has 2 atom stereocenters. The number of fused-ring (bicyclic) bond motifs is 6. The van der Waals surface area contributed by atoms with Crippen LogP contribution in [0.25, 0.3) is 0 Å². The van der Waals surface area contributed by atoms with Crippen molar-refractivity contribution in [3.8, 4) is 0 Å². The summed E-state index contributed by atoms with van der Waals surface area (Å²) in [4.78, 5) is 45.9. The van der Waals surface area contributed by atoms with Crippen molar-refractivity contribution < 1.29 is 0 Å². The second kappa shape index (κ2) is 17.5. The van der Waals surface area contributed by atoms with Crippen molar-refractivity contribution in [1.82, 2.24) is 13.7 Å². The summed E-state index contributed by atoms with van der Waals surface area (Å²) in [6.45, 7) is 17.0. The lowest BCUT2D eigenvalue weighted by molar-refractivity contribution is 0.256. The third-order valence-electron chi connectivity index (χ3n) is 10.6. The van der Waals surface area contributed by atoms with Gasteiger partial charge in [-0.3, -0.25) is 0 Å². The molecular weight excluding hydrogens is 675 g/mol. The maximum absolute atomic E-state index is 13.7. The Labute approximate surface area is 304 Å². The fourth-order valence-electron chi connectivity index (χ4n) is 6.23. The van der Waals surface area contributed by atoms with Gasteiger partial charge in [0.2, 0.25) is 0 Å². The first kappa shape index (κ1) is 39.0. The average Bonchev–Trinajstić information content (AvgIpc) is 3.08. The molecule has 2 unspecified atom stereocenters. The molecule has 0 aliphatic carbocycles. The van der Waals surface area contributed by atoms with Gasteiger partial charge in [-0.25, -0.2) is 28.1 Å². The molecule has 0 radical (unpaired) electrons. The summed E-state index contributed by atoms with van der Waals surface area (Å²) < 4.78 is 3.94. The predicted octanol–water partition coefficient (Wildman–Crippen LogP) is 9.68. The van der Waals surface area contributed by atoms with Crippen molar-refractivity contribution in [2.24, 2.45) is 5.41 Å². The standard InChI is InChI=1S/C38H55N3O3S4/c1-8-36(5,9-2)21-14-22-39-33(42)40-23-15-25-45-29-17-12-19-31(27-29)47-37(6,10-3)38(7,11-4)48-32-20-13-18-30(28-32)46-26-16-24-41(34(39)43)35(40)44/h12-13,17-20,27-28H,8-11,14-16,21-26H2,1-7H3. The van der Waals surface area contributed by atoms with Gasteiger partial charge in [0.15, 0.2) is 0 Å². The van der Waals surface area contributed by atoms with E-state index in [1.807, 2.05) is 23.5 Å². The Balaban J connectivity index is 1.68. The first-order chi connectivity index (χ1) is 22.9. The van der Waals surface area contributed by atoms with Gasteiger partial charge in [-0.2, -0.15) is 0 Å². The van der Waals surface area contributed by atoms with Crippen molar-refractivity contribution in [2.45, 2.75) is 149 Å². The number of thioether (sulfide) groups is 4. The number of aromatic nitrogens is 3. The lowest BCUT2D eigenvalue weighted by Gasteiger charge is -2.45. The smallest absolute Gasteiger partial charge is 0.247 e. The molecule has 6 bridgehead atoms. The molecule has 3 aromatic rings. The minimum absolute atomic E-state index is 0.00164. The van der Waals surface area contributed by atoms with Gasteiger partial charge in [-0.05, 0) is 106 Å². The van der Waals surface area contributed by atoms with Crippen LogP contribution in [0.15, 0.2) is 82.5 Å². The van der Waals surface area contributed by atoms with Crippen molar-refractivity contribution in [2.75, 3.05) is 11.5 Å². The van der Waals surface area contributed by atoms with Crippen molar-refractivity contribution in [1.29, 1.82) is 0 Å². The zero-order valence-electron chi connectivity index (χ0n) is 30.0. The summed E-state index contributed by atoms with van der Waals surface area (Å²) in [5.41, 5.74) is -1.25. The first-order valence-electron chi connectivity index (χ1n) is 17.7. The van der Waals surface area contributed by atoms with Crippen LogP contribution in [0.2, 0.25) is 0 Å². The minimum atomic E-state index is -0.483. The van der Waals surface area contributed by atoms with E-state index < -0.39 is 17.1 Å². The Morgan fingerprint density at radius 1 is 0.688 bits per heavy atom. The number of nitrogens with zero attached hydrogens (tertiary/aromatic N) is 3. The van der Waals surface area contributed by atoms with E-state index in [0.717, 1.165) is 50.0 Å². The molecule has 1 aromatic heterocycles. The van der Waals surface area contributed by atoms with Crippen LogP contribution in [0.5, 0.6) is 0 Å². The second-order valence-electron chi connectivity index (χ2n) is 13.7. The number of benzene rings is 2. The molecule has 2 aromatic carbocycles. The zero-order valence-corrected chi connectivity index (χ0v) is 33.3. The molecule has 0 saturated heterocycles. The molecule has 4 rings (SSSR count). The summed E-state index contributed by atoms with van der Waals surface area (Å²) in [6, 6.07) is 17.5. The van der Waals surface area contributed by atoms with Crippen molar-refractivity contribution in [3.63, 3.8) is 0 Å². The quantitative estimate of drug-likeness (QED) is 0.229. The molecular formula is C38H55N3O3S4. The number of hydrogen-bond donors (Lipinski definition) is 0. The monoisotopic (exact) mass is 729 g/mol. The molecule has 0 N–H and O–H groups in total. The lowest BCUT2D eigenvalue weighted by Crippen LogP contribution is -2.54. The molecule has 2 heterocycles. The van der Waals surface area contributed by atoms with Gasteiger partial charge >= 0.3 is 17.1 Å². The summed E-state index contributed by atoms with van der Waals surface area (Å²) in [6.07, 6.45) is 7.16. The predicted molar refractivity (Wildman–Crippen MR) is 210 cm³/mol. The highest BCUT2D eigenvalue weighted by Gasteiger charge is 2.44. The molecule has 0 fully saturated rings. The third-order valence-corrected chi connectivity index (χ3v) is 16.3.